The highest BCUT2D eigenvalue weighted by Crippen LogP contribution is 2.43. The fourth-order valence-electron chi connectivity index (χ4n) is 4.72. The van der Waals surface area contributed by atoms with Crippen molar-refractivity contribution < 1.29 is 24.5 Å². The number of hydrogen-bond donors (Lipinski definition) is 3. The van der Waals surface area contributed by atoms with E-state index in [1.54, 1.807) is 31.2 Å². The van der Waals surface area contributed by atoms with Gasteiger partial charge in [-0.05, 0) is 61.2 Å². The summed E-state index contributed by atoms with van der Waals surface area (Å²) in [5.41, 5.74) is -1.18. The first-order valence-electron chi connectivity index (χ1n) is 13.2. The fourth-order valence-corrected chi connectivity index (χ4v) is 5.33. The highest BCUT2D eigenvalue weighted by molar-refractivity contribution is 7.71. The zero-order valence-electron chi connectivity index (χ0n) is 24.5. The highest BCUT2D eigenvalue weighted by atomic mass is 35.5. The van der Waals surface area contributed by atoms with Crippen molar-refractivity contribution in [3.05, 3.63) is 94.4 Å². The lowest BCUT2D eigenvalue weighted by Gasteiger charge is -2.24. The van der Waals surface area contributed by atoms with E-state index in [0.717, 1.165) is 9.13 Å². The molecule has 0 unspecified atom stereocenters. The summed E-state index contributed by atoms with van der Waals surface area (Å²) in [6.07, 6.45) is 0. The predicted octanol–water partition coefficient (Wildman–Crippen LogP) is 3.88. The zero-order valence-corrected chi connectivity index (χ0v) is 26.8. The van der Waals surface area contributed by atoms with Crippen molar-refractivity contribution in [1.82, 2.24) is 18.3 Å². The van der Waals surface area contributed by atoms with E-state index >= 15 is 0 Å². The smallest absolute Gasteiger partial charge is 0.262 e. The van der Waals surface area contributed by atoms with E-state index in [4.69, 9.17) is 45.5 Å². The number of hydrogen-bond acceptors (Lipinski definition) is 9. The average Bonchev–Trinajstić information content (AvgIpc) is 3.00. The van der Waals surface area contributed by atoms with Gasteiger partial charge in [-0.1, -0.05) is 29.8 Å². The molecule has 232 valence electrons. The summed E-state index contributed by atoms with van der Waals surface area (Å²) in [4.78, 5) is 39.9. The summed E-state index contributed by atoms with van der Waals surface area (Å²) < 4.78 is 16.3. The summed E-state index contributed by atoms with van der Waals surface area (Å²) in [7, 11) is 5.76. The molecule has 0 atom stereocenters. The second-order valence-electron chi connectivity index (χ2n) is 9.78. The van der Waals surface area contributed by atoms with Crippen molar-refractivity contribution in [2.24, 2.45) is 28.2 Å². The third-order valence-corrected chi connectivity index (χ3v) is 8.36. The minimum absolute atomic E-state index is 0.0177. The maximum atomic E-state index is 13.7. The molecule has 15 heteroatoms. The maximum Gasteiger partial charge on any atom is 0.262 e. The van der Waals surface area contributed by atoms with Gasteiger partial charge in [0, 0.05) is 33.9 Å². The molecule has 0 saturated heterocycles. The average molecular weight is 660 g/mol. The molecular formula is C29H30ClN5O7S2. The number of carbonyl (C=O) groups excluding carboxylic acids is 1. The minimum atomic E-state index is -1.39. The van der Waals surface area contributed by atoms with Gasteiger partial charge >= 0.3 is 0 Å². The first kappa shape index (κ1) is 32.5. The van der Waals surface area contributed by atoms with Crippen LogP contribution in [-0.2, 0) is 33.0 Å². The number of amides is 1. The molecule has 4 aromatic rings. The Morgan fingerprint density at radius 1 is 0.886 bits per heavy atom. The molecule has 2 aromatic carbocycles. The van der Waals surface area contributed by atoms with E-state index in [1.165, 1.54) is 49.5 Å². The lowest BCUT2D eigenvalue weighted by Crippen LogP contribution is -2.33. The Kier molecular flexibility index (Phi) is 9.66. The van der Waals surface area contributed by atoms with Crippen molar-refractivity contribution in [2.75, 3.05) is 18.5 Å². The van der Waals surface area contributed by atoms with E-state index in [1.807, 2.05) is 6.07 Å². The Morgan fingerprint density at radius 3 is 1.91 bits per heavy atom. The summed E-state index contributed by atoms with van der Waals surface area (Å²) in [6.45, 7) is 1.47. The van der Waals surface area contributed by atoms with Crippen molar-refractivity contribution in [2.45, 2.75) is 12.8 Å². The van der Waals surface area contributed by atoms with Crippen LogP contribution in [0.3, 0.4) is 0 Å². The van der Waals surface area contributed by atoms with Gasteiger partial charge in [-0.15, -0.1) is 0 Å². The molecule has 0 fully saturated rings. The van der Waals surface area contributed by atoms with Gasteiger partial charge in [-0.3, -0.25) is 32.7 Å². The molecule has 3 N–H and O–H groups in total. The molecule has 2 aromatic heterocycles. The second kappa shape index (κ2) is 13.1. The fraction of sp³-hybridized carbons (Fsp3) is 0.276. The summed E-state index contributed by atoms with van der Waals surface area (Å²) in [6, 6.07) is 11.7. The first-order valence-corrected chi connectivity index (χ1v) is 14.4. The number of nitrogens with zero attached hydrogens (tertiary/aromatic N) is 4. The van der Waals surface area contributed by atoms with Gasteiger partial charge in [0.05, 0.1) is 28.7 Å². The number of benzene rings is 2. The zero-order chi connectivity index (χ0) is 32.5. The Labute approximate surface area is 266 Å². The number of ether oxygens (including phenoxy) is 2. The second-order valence-corrected chi connectivity index (χ2v) is 10.9. The number of rotatable bonds is 9. The number of halogens is 1. The van der Waals surface area contributed by atoms with Gasteiger partial charge in [0.25, 0.3) is 17.0 Å². The molecule has 44 heavy (non-hydrogen) atoms. The minimum Gasteiger partial charge on any atom is -0.494 e. The highest BCUT2D eigenvalue weighted by Gasteiger charge is 2.34. The van der Waals surface area contributed by atoms with E-state index in [-0.39, 0.29) is 49.4 Å². The molecule has 1 amide bonds. The first-order chi connectivity index (χ1) is 20.8. The number of aromatic nitrogens is 4. The van der Waals surface area contributed by atoms with Crippen LogP contribution in [0.2, 0.25) is 5.02 Å². The van der Waals surface area contributed by atoms with Crippen molar-refractivity contribution >= 4 is 47.6 Å². The molecule has 0 aliphatic rings. The van der Waals surface area contributed by atoms with Crippen LogP contribution in [0.15, 0.2) is 52.1 Å². The van der Waals surface area contributed by atoms with Crippen molar-refractivity contribution in [3.8, 4) is 23.3 Å². The van der Waals surface area contributed by atoms with E-state index in [0.29, 0.717) is 5.69 Å². The van der Waals surface area contributed by atoms with Crippen LogP contribution >= 0.6 is 36.0 Å². The van der Waals surface area contributed by atoms with E-state index < -0.39 is 41.3 Å². The molecular weight excluding hydrogens is 630 g/mol. The molecule has 12 nitrogen and oxygen atoms in total. The van der Waals surface area contributed by atoms with Crippen LogP contribution in [0, 0.1) is 9.54 Å². The molecule has 0 aliphatic carbocycles. The Hall–Kier alpha value is -4.40. The van der Waals surface area contributed by atoms with Gasteiger partial charge in [0.1, 0.15) is 0 Å². The van der Waals surface area contributed by atoms with Crippen molar-refractivity contribution in [3.63, 3.8) is 0 Å². The number of anilines is 1. The SMILES string of the molecule is CCOc1cc(C(c2c(O)n(C)c(=S)n(C)c2=O)c2c(O)n(C)c(=S)n(C)c2=O)cc(Cl)c1OCC(=O)Nc1ccccc1. The lowest BCUT2D eigenvalue weighted by molar-refractivity contribution is -0.118. The molecule has 2 heterocycles. The predicted molar refractivity (Wildman–Crippen MR) is 170 cm³/mol. The monoisotopic (exact) mass is 659 g/mol. The molecule has 0 spiro atoms. The molecule has 0 saturated carbocycles. The van der Waals surface area contributed by atoms with Crippen LogP contribution in [0.5, 0.6) is 23.3 Å². The Bertz CT molecular complexity index is 1920. The molecule has 4 rings (SSSR count). The van der Waals surface area contributed by atoms with E-state index in [2.05, 4.69) is 5.32 Å². The topological polar surface area (TPSA) is 142 Å². The summed E-state index contributed by atoms with van der Waals surface area (Å²) >= 11 is 17.3. The van der Waals surface area contributed by atoms with Crippen LogP contribution < -0.4 is 25.9 Å². The number of nitrogens with one attached hydrogen (secondary N) is 1. The van der Waals surface area contributed by atoms with Crippen LogP contribution in [0.25, 0.3) is 0 Å². The number of para-hydroxylation sites is 1. The third-order valence-electron chi connectivity index (χ3n) is 6.98. The van der Waals surface area contributed by atoms with Gasteiger partial charge in [-0.25, -0.2) is 0 Å². The molecule has 0 aliphatic heterocycles. The number of carbonyl (C=O) groups is 1. The maximum absolute atomic E-state index is 13.7. The summed E-state index contributed by atoms with van der Waals surface area (Å²) in [5, 5.41) is 25.2. The Balaban J connectivity index is 1.95. The van der Waals surface area contributed by atoms with Gasteiger partial charge in [0.15, 0.2) is 27.6 Å². The van der Waals surface area contributed by atoms with Gasteiger partial charge in [-0.2, -0.15) is 0 Å². The lowest BCUT2D eigenvalue weighted by atomic mass is 9.86. The third kappa shape index (κ3) is 6.00. The summed E-state index contributed by atoms with van der Waals surface area (Å²) in [5.74, 6) is -2.77. The van der Waals surface area contributed by atoms with Gasteiger partial charge in [0.2, 0.25) is 11.8 Å². The van der Waals surface area contributed by atoms with Crippen LogP contribution in [-0.4, -0.2) is 47.6 Å². The molecule has 0 radical (unpaired) electrons. The van der Waals surface area contributed by atoms with E-state index in [9.17, 15) is 24.6 Å². The van der Waals surface area contributed by atoms with Crippen LogP contribution in [0.1, 0.15) is 29.5 Å². The number of aromatic hydroxyl groups is 2. The Morgan fingerprint density at radius 2 is 1.41 bits per heavy atom. The standard InChI is InChI=1S/C29H30ClN5O7S2/c1-6-41-18-13-15(12-17(30)23(18)42-14-19(36)31-16-10-8-7-9-11-16)20(21-24(37)32(2)28(43)33(3)25(21)38)22-26(39)34(4)29(44)35(5)27(22)40/h7-13,20,37,39H,6,14H2,1-5H3,(H,31,36). The van der Waals surface area contributed by atoms with Crippen LogP contribution in [0.4, 0.5) is 5.69 Å². The normalized spacial score (nSPS) is 11.1. The quantitative estimate of drug-likeness (QED) is 0.228. The largest absolute Gasteiger partial charge is 0.494 e. The van der Waals surface area contributed by atoms with Gasteiger partial charge < -0.3 is 25.0 Å². The molecule has 0 bridgehead atoms. The van der Waals surface area contributed by atoms with Crippen molar-refractivity contribution in [1.29, 1.82) is 0 Å².